The van der Waals surface area contributed by atoms with Crippen LogP contribution in [0.15, 0.2) is 33.9 Å². The quantitative estimate of drug-likeness (QED) is 0.648. The second-order valence-corrected chi connectivity index (χ2v) is 7.78. The minimum atomic E-state index is -0.342. The highest BCUT2D eigenvalue weighted by Crippen LogP contribution is 2.15. The summed E-state index contributed by atoms with van der Waals surface area (Å²) in [4.78, 5) is 44.4. The topological polar surface area (TPSA) is 94.2 Å². The third-order valence-corrected chi connectivity index (χ3v) is 5.90. The van der Waals surface area contributed by atoms with E-state index in [0.717, 1.165) is 31.7 Å². The van der Waals surface area contributed by atoms with Crippen LogP contribution in [0.2, 0.25) is 0 Å². The molecule has 0 aliphatic carbocycles. The fourth-order valence-electron chi connectivity index (χ4n) is 4.05. The zero-order valence-corrected chi connectivity index (χ0v) is 18.7. The fourth-order valence-corrected chi connectivity index (χ4v) is 4.05. The lowest BCUT2D eigenvalue weighted by atomic mass is 10.1. The Morgan fingerprint density at radius 1 is 1.03 bits per heavy atom. The van der Waals surface area contributed by atoms with Gasteiger partial charge in [-0.2, -0.15) is 0 Å². The van der Waals surface area contributed by atoms with Crippen LogP contribution in [-0.4, -0.2) is 55.7 Å². The van der Waals surface area contributed by atoms with E-state index in [1.807, 2.05) is 48.2 Å². The molecule has 1 fully saturated rings. The summed E-state index contributed by atoms with van der Waals surface area (Å²) < 4.78 is 4.47. The first kappa shape index (κ1) is 21.8. The molecule has 0 spiro atoms. The molecule has 1 saturated heterocycles. The Morgan fingerprint density at radius 3 is 2.31 bits per heavy atom. The molecule has 0 unspecified atom stereocenters. The Kier molecular flexibility index (Phi) is 6.09. The number of carbonyl (C=O) groups excluding carboxylic acids is 1. The molecule has 1 aliphatic heterocycles. The average Bonchev–Trinajstić information content (AvgIpc) is 3.15. The van der Waals surface area contributed by atoms with Gasteiger partial charge in [-0.1, -0.05) is 18.2 Å². The van der Waals surface area contributed by atoms with Gasteiger partial charge in [0.05, 0.1) is 0 Å². The van der Waals surface area contributed by atoms with Gasteiger partial charge >= 0.3 is 5.69 Å². The van der Waals surface area contributed by atoms with Crippen molar-refractivity contribution in [2.24, 2.45) is 7.05 Å². The summed E-state index contributed by atoms with van der Waals surface area (Å²) in [6, 6.07) is 7.43. The fraction of sp³-hybridized carbons (Fsp3) is 0.391. The van der Waals surface area contributed by atoms with Crippen molar-refractivity contribution in [3.63, 3.8) is 0 Å². The lowest BCUT2D eigenvalue weighted by Crippen LogP contribution is -2.46. The van der Waals surface area contributed by atoms with Gasteiger partial charge in [0.25, 0.3) is 11.5 Å². The Hall–Kier alpha value is -3.46. The Balaban J connectivity index is 1.63. The van der Waals surface area contributed by atoms with E-state index in [-0.39, 0.29) is 17.2 Å². The Labute approximate surface area is 185 Å². The van der Waals surface area contributed by atoms with E-state index in [9.17, 15) is 14.4 Å². The molecule has 0 atom stereocenters. The minimum Gasteiger partial charge on any atom is -0.336 e. The number of hydrogen-bond donors (Lipinski definition) is 1. The first-order valence-electron chi connectivity index (χ1n) is 10.9. The number of carbonyl (C=O) groups is 1. The van der Waals surface area contributed by atoms with Crippen LogP contribution in [-0.2, 0) is 20.1 Å². The van der Waals surface area contributed by atoms with Gasteiger partial charge in [0.2, 0.25) is 0 Å². The van der Waals surface area contributed by atoms with Crippen molar-refractivity contribution in [2.75, 3.05) is 26.2 Å². The number of rotatable bonds is 5. The number of imidazole rings is 1. The van der Waals surface area contributed by atoms with E-state index < -0.39 is 0 Å². The average molecular weight is 437 g/mol. The van der Waals surface area contributed by atoms with Gasteiger partial charge < -0.3 is 14.8 Å². The summed E-state index contributed by atoms with van der Waals surface area (Å²) in [7, 11) is 1.77. The lowest BCUT2D eigenvalue weighted by Gasteiger charge is -2.27. The van der Waals surface area contributed by atoms with Crippen LogP contribution < -0.4 is 16.6 Å². The summed E-state index contributed by atoms with van der Waals surface area (Å²) in [5.41, 5.74) is 1.70. The molecular weight excluding hydrogens is 408 g/mol. The molecule has 0 bridgehead atoms. The van der Waals surface area contributed by atoms with Crippen LogP contribution in [0, 0.1) is 0 Å². The second-order valence-electron chi connectivity index (χ2n) is 7.78. The second kappa shape index (κ2) is 8.96. The number of fused-ring (bicyclic) bond motifs is 1. The molecular formula is C23H28N6O3. The number of benzene rings is 1. The van der Waals surface area contributed by atoms with Gasteiger partial charge in [0.1, 0.15) is 5.82 Å². The van der Waals surface area contributed by atoms with Crippen LogP contribution in [0.25, 0.3) is 23.3 Å². The summed E-state index contributed by atoms with van der Waals surface area (Å²) in [6.45, 7) is 7.45. The standard InChI is InChI=1S/C23H28N6O3/c1-4-28-20-19(22(31)29(5-2)23(28)32)26(3)18(25-20)11-8-16-6-9-17(10-7-16)21(30)27-14-12-24-13-15-27/h6-11,24H,4-5,12-15H2,1-3H3/b11-8+. The normalized spacial score (nSPS) is 14.5. The van der Waals surface area contributed by atoms with Crippen LogP contribution in [0.1, 0.15) is 35.6 Å². The van der Waals surface area contributed by atoms with Crippen molar-refractivity contribution < 1.29 is 4.79 Å². The first-order chi connectivity index (χ1) is 15.5. The SMILES string of the molecule is CCn1c(=O)c2c(nc(/C=C/c3ccc(C(=O)N4CCNCC4)cc3)n2C)n(CC)c1=O. The Morgan fingerprint density at radius 2 is 1.69 bits per heavy atom. The maximum atomic E-state index is 12.8. The molecule has 168 valence electrons. The highest BCUT2D eigenvalue weighted by atomic mass is 16.2. The lowest BCUT2D eigenvalue weighted by molar-refractivity contribution is 0.0736. The number of nitrogens with one attached hydrogen (secondary N) is 1. The van der Waals surface area contributed by atoms with E-state index in [4.69, 9.17) is 0 Å². The summed E-state index contributed by atoms with van der Waals surface area (Å²) >= 11 is 0. The van der Waals surface area contributed by atoms with Crippen LogP contribution in [0.5, 0.6) is 0 Å². The highest BCUT2D eigenvalue weighted by molar-refractivity contribution is 5.94. The summed E-state index contributed by atoms with van der Waals surface area (Å²) in [6.07, 6.45) is 3.69. The number of aromatic nitrogens is 4. The summed E-state index contributed by atoms with van der Waals surface area (Å²) in [5, 5.41) is 3.25. The molecule has 32 heavy (non-hydrogen) atoms. The molecule has 9 nitrogen and oxygen atoms in total. The zero-order valence-electron chi connectivity index (χ0n) is 18.7. The third-order valence-electron chi connectivity index (χ3n) is 5.90. The number of aryl methyl sites for hydroxylation is 2. The highest BCUT2D eigenvalue weighted by Gasteiger charge is 2.19. The van der Waals surface area contributed by atoms with Gasteiger partial charge in [0, 0.05) is 51.9 Å². The van der Waals surface area contributed by atoms with Crippen molar-refractivity contribution in [3.8, 4) is 0 Å². The predicted molar refractivity (Wildman–Crippen MR) is 125 cm³/mol. The molecule has 0 saturated carbocycles. The van der Waals surface area contributed by atoms with Gasteiger partial charge in [-0.3, -0.25) is 18.7 Å². The molecule has 2 aromatic heterocycles. The van der Waals surface area contributed by atoms with Crippen LogP contribution in [0.3, 0.4) is 0 Å². The van der Waals surface area contributed by atoms with Gasteiger partial charge in [-0.25, -0.2) is 9.78 Å². The van der Waals surface area contributed by atoms with E-state index >= 15 is 0 Å². The molecule has 3 heterocycles. The Bertz CT molecular complexity index is 1290. The maximum absolute atomic E-state index is 12.8. The first-order valence-corrected chi connectivity index (χ1v) is 10.9. The van der Waals surface area contributed by atoms with E-state index in [2.05, 4.69) is 10.3 Å². The molecule has 4 rings (SSSR count). The number of nitrogens with zero attached hydrogens (tertiary/aromatic N) is 5. The van der Waals surface area contributed by atoms with Crippen molar-refractivity contribution in [1.82, 2.24) is 28.9 Å². The molecule has 0 radical (unpaired) electrons. The number of amides is 1. The molecule has 1 aromatic carbocycles. The van der Waals surface area contributed by atoms with Crippen LogP contribution >= 0.6 is 0 Å². The van der Waals surface area contributed by atoms with Crippen molar-refractivity contribution in [1.29, 1.82) is 0 Å². The predicted octanol–water partition coefficient (Wildman–Crippen LogP) is 1.15. The van der Waals surface area contributed by atoms with E-state index in [0.29, 0.717) is 35.6 Å². The van der Waals surface area contributed by atoms with Gasteiger partial charge in [-0.05, 0) is 37.6 Å². The molecule has 9 heteroatoms. The molecule has 3 aromatic rings. The molecule has 1 N–H and O–H groups in total. The number of hydrogen-bond acceptors (Lipinski definition) is 5. The maximum Gasteiger partial charge on any atom is 0.332 e. The van der Waals surface area contributed by atoms with E-state index in [1.165, 1.54) is 9.13 Å². The zero-order chi connectivity index (χ0) is 22.8. The van der Waals surface area contributed by atoms with Crippen molar-refractivity contribution in [2.45, 2.75) is 26.9 Å². The van der Waals surface area contributed by atoms with Gasteiger partial charge in [0.15, 0.2) is 11.2 Å². The molecule has 1 amide bonds. The van der Waals surface area contributed by atoms with E-state index in [1.54, 1.807) is 18.5 Å². The molecule has 1 aliphatic rings. The number of piperazine rings is 1. The van der Waals surface area contributed by atoms with Crippen molar-refractivity contribution in [3.05, 3.63) is 62.1 Å². The minimum absolute atomic E-state index is 0.0436. The van der Waals surface area contributed by atoms with Crippen LogP contribution in [0.4, 0.5) is 0 Å². The van der Waals surface area contributed by atoms with Gasteiger partial charge in [-0.15, -0.1) is 0 Å². The van der Waals surface area contributed by atoms with Crippen molar-refractivity contribution >= 4 is 29.2 Å². The largest absolute Gasteiger partial charge is 0.336 e. The monoisotopic (exact) mass is 436 g/mol. The third kappa shape index (κ3) is 3.80. The summed E-state index contributed by atoms with van der Waals surface area (Å²) in [5.74, 6) is 0.621. The smallest absolute Gasteiger partial charge is 0.332 e.